The van der Waals surface area contributed by atoms with E-state index in [1.807, 2.05) is 6.92 Å². The molecule has 2 aliphatic heterocycles. The lowest BCUT2D eigenvalue weighted by Crippen LogP contribution is -2.46. The number of rotatable bonds is 7. The number of urea groups is 1. The topological polar surface area (TPSA) is 73.9 Å². The van der Waals surface area contributed by atoms with Crippen molar-refractivity contribution < 1.29 is 27.5 Å². The van der Waals surface area contributed by atoms with Crippen LogP contribution in [0.15, 0.2) is 24.3 Å². The number of carbonyl (C=O) groups excluding carboxylic acids is 2. The van der Waals surface area contributed by atoms with Crippen LogP contribution >= 0.6 is 0 Å². The number of likely N-dealkylation sites (tertiary alicyclic amines) is 1. The number of piperidine rings is 1. The number of ether oxygens (including phenoxy) is 1. The van der Waals surface area contributed by atoms with E-state index in [2.05, 4.69) is 15.5 Å². The van der Waals surface area contributed by atoms with Crippen molar-refractivity contribution in [1.82, 2.24) is 15.1 Å². The Bertz CT molecular complexity index is 799. The smallest absolute Gasteiger partial charge is 0.379 e. The summed E-state index contributed by atoms with van der Waals surface area (Å²) in [5.41, 5.74) is -0.685. The number of nitrogens with zero attached hydrogens (tertiary/aromatic N) is 2. The van der Waals surface area contributed by atoms with Crippen molar-refractivity contribution >= 4 is 17.6 Å². The SMILES string of the molecule is CCC1CN(C(=O)Nc2cccc(C(F)(F)F)c2)CCC1CC(=O)NCCN1CCOCC1. The van der Waals surface area contributed by atoms with E-state index in [9.17, 15) is 22.8 Å². The number of alkyl halides is 3. The fraction of sp³-hybridized carbons (Fsp3) is 0.652. The maximum atomic E-state index is 12.9. The number of hydrogen-bond acceptors (Lipinski definition) is 4. The molecule has 0 bridgehead atoms. The summed E-state index contributed by atoms with van der Waals surface area (Å²) in [6.07, 6.45) is -2.54. The minimum atomic E-state index is -4.46. The van der Waals surface area contributed by atoms with Crippen LogP contribution in [-0.4, -0.2) is 74.2 Å². The first-order valence-electron chi connectivity index (χ1n) is 11.6. The molecule has 0 spiro atoms. The van der Waals surface area contributed by atoms with Gasteiger partial charge in [-0.1, -0.05) is 19.4 Å². The molecule has 2 unspecified atom stereocenters. The first kappa shape index (κ1) is 25.3. The summed E-state index contributed by atoms with van der Waals surface area (Å²) in [6, 6.07) is 4.21. The highest BCUT2D eigenvalue weighted by Crippen LogP contribution is 2.32. The first-order chi connectivity index (χ1) is 15.8. The normalized spacial score (nSPS) is 22.1. The van der Waals surface area contributed by atoms with Gasteiger partial charge in [-0.15, -0.1) is 0 Å². The van der Waals surface area contributed by atoms with Gasteiger partial charge in [-0.2, -0.15) is 13.2 Å². The van der Waals surface area contributed by atoms with Gasteiger partial charge in [0.1, 0.15) is 0 Å². The highest BCUT2D eigenvalue weighted by atomic mass is 19.4. The molecule has 0 aromatic heterocycles. The molecule has 0 aliphatic carbocycles. The molecule has 0 radical (unpaired) electrons. The van der Waals surface area contributed by atoms with Crippen LogP contribution in [0.5, 0.6) is 0 Å². The quantitative estimate of drug-likeness (QED) is 0.641. The molecule has 2 heterocycles. The number of benzene rings is 1. The Balaban J connectivity index is 1.45. The molecule has 2 N–H and O–H groups in total. The summed E-state index contributed by atoms with van der Waals surface area (Å²) < 4.78 is 44.1. The van der Waals surface area contributed by atoms with Crippen molar-refractivity contribution in [3.05, 3.63) is 29.8 Å². The predicted molar refractivity (Wildman–Crippen MR) is 119 cm³/mol. The van der Waals surface area contributed by atoms with E-state index < -0.39 is 17.8 Å². The van der Waals surface area contributed by atoms with E-state index in [1.165, 1.54) is 12.1 Å². The minimum Gasteiger partial charge on any atom is -0.379 e. The number of morpholine rings is 1. The molecule has 0 saturated carbocycles. The lowest BCUT2D eigenvalue weighted by Gasteiger charge is -2.38. The Kier molecular flexibility index (Phi) is 8.96. The van der Waals surface area contributed by atoms with E-state index in [-0.39, 0.29) is 23.4 Å². The second kappa shape index (κ2) is 11.7. The van der Waals surface area contributed by atoms with Gasteiger partial charge in [-0.3, -0.25) is 9.69 Å². The molecule has 2 fully saturated rings. The van der Waals surface area contributed by atoms with Gasteiger partial charge in [-0.05, 0) is 36.5 Å². The van der Waals surface area contributed by atoms with Gasteiger partial charge in [0.25, 0.3) is 0 Å². The summed E-state index contributed by atoms with van der Waals surface area (Å²) in [6.45, 7) is 7.61. The van der Waals surface area contributed by atoms with Crippen molar-refractivity contribution in [2.45, 2.75) is 32.4 Å². The standard InChI is InChI=1S/C23H33F3N4O3/c1-2-17-16-30(22(32)28-20-5-3-4-19(15-20)23(24,25)26)8-6-18(17)14-21(31)27-7-9-29-10-12-33-13-11-29/h3-5,15,17-18H,2,6-14,16H2,1H3,(H,27,31)(H,28,32). The van der Waals surface area contributed by atoms with Crippen LogP contribution in [0.4, 0.5) is 23.7 Å². The molecule has 3 rings (SSSR count). The van der Waals surface area contributed by atoms with Crippen LogP contribution in [0.3, 0.4) is 0 Å². The Morgan fingerprint density at radius 2 is 1.91 bits per heavy atom. The Morgan fingerprint density at radius 1 is 1.15 bits per heavy atom. The number of nitrogens with one attached hydrogen (secondary N) is 2. The van der Waals surface area contributed by atoms with Gasteiger partial charge < -0.3 is 20.3 Å². The van der Waals surface area contributed by atoms with Gasteiger partial charge >= 0.3 is 12.2 Å². The maximum absolute atomic E-state index is 12.9. The molecule has 3 amide bonds. The van der Waals surface area contributed by atoms with E-state index in [0.29, 0.717) is 32.5 Å². The molecule has 2 aliphatic rings. The zero-order valence-corrected chi connectivity index (χ0v) is 19.0. The van der Waals surface area contributed by atoms with Gasteiger partial charge in [0.05, 0.1) is 18.8 Å². The molecule has 2 atom stereocenters. The molecular weight excluding hydrogens is 437 g/mol. The first-order valence-corrected chi connectivity index (χ1v) is 11.6. The third-order valence-electron chi connectivity index (χ3n) is 6.45. The Hall–Kier alpha value is -2.33. The van der Waals surface area contributed by atoms with Crippen LogP contribution < -0.4 is 10.6 Å². The predicted octanol–water partition coefficient (Wildman–Crippen LogP) is 3.42. The van der Waals surface area contributed by atoms with Crippen LogP contribution in [0, 0.1) is 11.8 Å². The lowest BCUT2D eigenvalue weighted by atomic mass is 9.81. The summed E-state index contributed by atoms with van der Waals surface area (Å²) in [5.74, 6) is 0.362. The average Bonchev–Trinajstić information content (AvgIpc) is 2.79. The second-order valence-corrected chi connectivity index (χ2v) is 8.68. The zero-order valence-electron chi connectivity index (χ0n) is 19.0. The van der Waals surface area contributed by atoms with E-state index in [1.54, 1.807) is 4.90 Å². The third-order valence-corrected chi connectivity index (χ3v) is 6.45. The number of halogens is 3. The Morgan fingerprint density at radius 3 is 2.61 bits per heavy atom. The molecule has 1 aromatic carbocycles. The monoisotopic (exact) mass is 470 g/mol. The Labute approximate surface area is 192 Å². The van der Waals surface area contributed by atoms with Gasteiger partial charge in [0.2, 0.25) is 5.91 Å². The number of hydrogen-bond donors (Lipinski definition) is 2. The highest BCUT2D eigenvalue weighted by molar-refractivity contribution is 5.89. The summed E-state index contributed by atoms with van der Waals surface area (Å²) in [7, 11) is 0. The zero-order chi connectivity index (χ0) is 23.8. The summed E-state index contributed by atoms with van der Waals surface area (Å²) >= 11 is 0. The minimum absolute atomic E-state index is 0.0218. The fourth-order valence-corrected chi connectivity index (χ4v) is 4.46. The molecular formula is C23H33F3N4O3. The van der Waals surface area contributed by atoms with Crippen molar-refractivity contribution in [2.24, 2.45) is 11.8 Å². The van der Waals surface area contributed by atoms with Crippen molar-refractivity contribution in [1.29, 1.82) is 0 Å². The van der Waals surface area contributed by atoms with E-state index in [0.717, 1.165) is 51.4 Å². The molecule has 7 nitrogen and oxygen atoms in total. The largest absolute Gasteiger partial charge is 0.416 e. The number of anilines is 1. The molecule has 33 heavy (non-hydrogen) atoms. The van der Waals surface area contributed by atoms with Crippen LogP contribution in [0.25, 0.3) is 0 Å². The van der Waals surface area contributed by atoms with Gasteiger partial charge in [-0.25, -0.2) is 4.79 Å². The second-order valence-electron chi connectivity index (χ2n) is 8.68. The van der Waals surface area contributed by atoms with Crippen molar-refractivity contribution in [2.75, 3.05) is 57.8 Å². The van der Waals surface area contributed by atoms with Crippen LogP contribution in [0.2, 0.25) is 0 Å². The number of carbonyl (C=O) groups is 2. The lowest BCUT2D eigenvalue weighted by molar-refractivity contribution is -0.137. The summed E-state index contributed by atoms with van der Waals surface area (Å²) in [4.78, 5) is 29.0. The van der Waals surface area contributed by atoms with Gasteiger partial charge in [0.15, 0.2) is 0 Å². The highest BCUT2D eigenvalue weighted by Gasteiger charge is 2.33. The number of amides is 3. The van der Waals surface area contributed by atoms with Crippen molar-refractivity contribution in [3.8, 4) is 0 Å². The molecule has 10 heteroatoms. The van der Waals surface area contributed by atoms with E-state index in [4.69, 9.17) is 4.74 Å². The van der Waals surface area contributed by atoms with Crippen LogP contribution in [-0.2, 0) is 15.7 Å². The average molecular weight is 471 g/mol. The maximum Gasteiger partial charge on any atom is 0.416 e. The van der Waals surface area contributed by atoms with Crippen LogP contribution in [0.1, 0.15) is 31.7 Å². The third kappa shape index (κ3) is 7.60. The molecule has 184 valence electrons. The summed E-state index contributed by atoms with van der Waals surface area (Å²) in [5, 5.41) is 5.58. The van der Waals surface area contributed by atoms with Crippen molar-refractivity contribution in [3.63, 3.8) is 0 Å². The van der Waals surface area contributed by atoms with E-state index >= 15 is 0 Å². The fourth-order valence-electron chi connectivity index (χ4n) is 4.46. The molecule has 1 aromatic rings. The van der Waals surface area contributed by atoms with Gasteiger partial charge in [0, 0.05) is 51.4 Å². The molecule has 2 saturated heterocycles.